The molecular weight excluding hydrogens is 370 g/mol. The number of benzene rings is 1. The van der Waals surface area contributed by atoms with E-state index in [1.165, 1.54) is 17.3 Å². The summed E-state index contributed by atoms with van der Waals surface area (Å²) < 4.78 is 6.76. The largest absolute Gasteiger partial charge is 0.453 e. The molecule has 3 rings (SSSR count). The van der Waals surface area contributed by atoms with Gasteiger partial charge in [0.1, 0.15) is 0 Å². The van der Waals surface area contributed by atoms with Gasteiger partial charge in [0, 0.05) is 19.0 Å². The highest BCUT2D eigenvalue weighted by Gasteiger charge is 2.22. The first-order chi connectivity index (χ1) is 14.0. The van der Waals surface area contributed by atoms with E-state index in [0.717, 1.165) is 31.2 Å². The predicted octanol–water partition coefficient (Wildman–Crippen LogP) is 2.87. The molecule has 0 aliphatic heterocycles. The van der Waals surface area contributed by atoms with E-state index >= 15 is 0 Å². The Hall–Kier alpha value is -2.70. The second-order valence-corrected chi connectivity index (χ2v) is 7.79. The third-order valence-corrected chi connectivity index (χ3v) is 5.46. The van der Waals surface area contributed by atoms with Crippen LogP contribution in [0, 0.1) is 6.92 Å². The fourth-order valence-corrected chi connectivity index (χ4v) is 3.77. The van der Waals surface area contributed by atoms with E-state index < -0.39 is 12.1 Å². The lowest BCUT2D eigenvalue weighted by Gasteiger charge is -2.24. The summed E-state index contributed by atoms with van der Waals surface area (Å²) in [5.41, 5.74) is 1.54. The number of para-hydroxylation sites is 1. The standard InChI is InChI=1S/C22H29N3O4/c1-15-8-6-11-18-20(15)23-14-25(22(18)28)13-7-12-19(26)29-16(2)21(27)24-17-9-4-3-5-10-17/h6,8,11,14,16-17H,3-5,7,9-10,12-13H2,1-2H3,(H,24,27). The summed E-state index contributed by atoms with van der Waals surface area (Å²) in [5.74, 6) is -0.676. The van der Waals surface area contributed by atoms with Gasteiger partial charge in [-0.25, -0.2) is 4.98 Å². The normalized spacial score (nSPS) is 15.8. The predicted molar refractivity (Wildman–Crippen MR) is 111 cm³/mol. The number of nitrogens with one attached hydrogen (secondary N) is 1. The molecule has 0 bridgehead atoms. The number of hydrogen-bond acceptors (Lipinski definition) is 5. The topological polar surface area (TPSA) is 90.3 Å². The van der Waals surface area contributed by atoms with E-state index in [-0.39, 0.29) is 23.9 Å². The SMILES string of the molecule is Cc1cccc2c(=O)n(CCCC(=O)OC(C)C(=O)NC3CCCCC3)cnc12. The quantitative estimate of drug-likeness (QED) is 0.723. The van der Waals surface area contributed by atoms with Crippen LogP contribution in [0.2, 0.25) is 0 Å². The Morgan fingerprint density at radius 1 is 1.28 bits per heavy atom. The number of carbonyl (C=O) groups is 2. The number of fused-ring (bicyclic) bond motifs is 1. The summed E-state index contributed by atoms with van der Waals surface area (Å²) in [6.45, 7) is 3.88. The van der Waals surface area contributed by atoms with Gasteiger partial charge in [-0.3, -0.25) is 19.0 Å². The number of nitrogens with zero attached hydrogens (tertiary/aromatic N) is 2. The number of amides is 1. The van der Waals surface area contributed by atoms with Crippen LogP contribution in [0.1, 0.15) is 57.4 Å². The van der Waals surface area contributed by atoms with Gasteiger partial charge >= 0.3 is 5.97 Å². The Balaban J connectivity index is 1.47. The Morgan fingerprint density at radius 3 is 2.79 bits per heavy atom. The number of aromatic nitrogens is 2. The zero-order valence-electron chi connectivity index (χ0n) is 17.1. The Bertz CT molecular complexity index is 931. The fraction of sp³-hybridized carbons (Fsp3) is 0.545. The second-order valence-electron chi connectivity index (χ2n) is 7.79. The summed E-state index contributed by atoms with van der Waals surface area (Å²) in [6.07, 6.45) is 6.73. The third kappa shape index (κ3) is 5.43. The molecule has 1 fully saturated rings. The number of aryl methyl sites for hydroxylation is 2. The molecule has 1 saturated carbocycles. The number of carbonyl (C=O) groups excluding carboxylic acids is 2. The van der Waals surface area contributed by atoms with Crippen LogP contribution in [-0.4, -0.2) is 33.6 Å². The summed E-state index contributed by atoms with van der Waals surface area (Å²) >= 11 is 0. The van der Waals surface area contributed by atoms with Crippen LogP contribution >= 0.6 is 0 Å². The number of hydrogen-bond donors (Lipinski definition) is 1. The Kier molecular flexibility index (Phi) is 7.01. The van der Waals surface area contributed by atoms with Crippen molar-refractivity contribution in [3.05, 3.63) is 40.4 Å². The van der Waals surface area contributed by atoms with Gasteiger partial charge in [0.2, 0.25) is 0 Å². The lowest BCUT2D eigenvalue weighted by Crippen LogP contribution is -2.42. The molecule has 1 N–H and O–H groups in total. The maximum absolute atomic E-state index is 12.6. The molecule has 1 amide bonds. The average molecular weight is 399 g/mol. The van der Waals surface area contributed by atoms with Crippen LogP contribution in [-0.2, 0) is 20.9 Å². The van der Waals surface area contributed by atoms with Crippen LogP contribution in [0.3, 0.4) is 0 Å². The van der Waals surface area contributed by atoms with Crippen LogP contribution in [0.4, 0.5) is 0 Å². The summed E-state index contributed by atoms with van der Waals surface area (Å²) in [6, 6.07) is 5.70. The van der Waals surface area contributed by atoms with Crippen molar-refractivity contribution < 1.29 is 14.3 Å². The number of ether oxygens (including phenoxy) is 1. The first-order valence-electron chi connectivity index (χ1n) is 10.4. The zero-order valence-corrected chi connectivity index (χ0v) is 17.1. The molecule has 2 aromatic rings. The van der Waals surface area contributed by atoms with Crippen LogP contribution in [0.5, 0.6) is 0 Å². The van der Waals surface area contributed by atoms with Crippen molar-refractivity contribution in [1.29, 1.82) is 0 Å². The third-order valence-electron chi connectivity index (χ3n) is 5.46. The minimum atomic E-state index is -0.808. The maximum Gasteiger partial charge on any atom is 0.306 e. The van der Waals surface area contributed by atoms with E-state index in [9.17, 15) is 14.4 Å². The minimum absolute atomic E-state index is 0.118. The monoisotopic (exact) mass is 399 g/mol. The molecule has 0 spiro atoms. The van der Waals surface area contributed by atoms with Crippen LogP contribution in [0.15, 0.2) is 29.3 Å². The zero-order chi connectivity index (χ0) is 20.8. The molecule has 0 saturated heterocycles. The van der Waals surface area contributed by atoms with Gasteiger partial charge < -0.3 is 10.1 Å². The highest BCUT2D eigenvalue weighted by molar-refractivity contribution is 5.83. The summed E-state index contributed by atoms with van der Waals surface area (Å²) in [5, 5.41) is 3.54. The lowest BCUT2D eigenvalue weighted by atomic mass is 9.95. The van der Waals surface area contributed by atoms with Gasteiger partial charge in [-0.2, -0.15) is 0 Å². The van der Waals surface area contributed by atoms with Crippen molar-refractivity contribution in [3.8, 4) is 0 Å². The van der Waals surface area contributed by atoms with Gasteiger partial charge in [-0.15, -0.1) is 0 Å². The molecule has 7 heteroatoms. The van der Waals surface area contributed by atoms with Gasteiger partial charge in [0.05, 0.1) is 17.2 Å². The van der Waals surface area contributed by atoms with Gasteiger partial charge in [0.25, 0.3) is 11.5 Å². The van der Waals surface area contributed by atoms with Crippen molar-refractivity contribution in [2.24, 2.45) is 0 Å². The van der Waals surface area contributed by atoms with Crippen molar-refractivity contribution >= 4 is 22.8 Å². The first-order valence-corrected chi connectivity index (χ1v) is 10.4. The molecule has 1 atom stereocenters. The van der Waals surface area contributed by atoms with E-state index in [2.05, 4.69) is 10.3 Å². The summed E-state index contributed by atoms with van der Waals surface area (Å²) in [4.78, 5) is 41.2. The van der Waals surface area contributed by atoms with Crippen molar-refractivity contribution in [2.75, 3.05) is 0 Å². The van der Waals surface area contributed by atoms with Gasteiger partial charge in [0.15, 0.2) is 6.10 Å². The molecule has 29 heavy (non-hydrogen) atoms. The first kappa shape index (κ1) is 21.0. The molecule has 1 aliphatic carbocycles. The lowest BCUT2D eigenvalue weighted by molar-refractivity contribution is -0.155. The van der Waals surface area contributed by atoms with Gasteiger partial charge in [-0.1, -0.05) is 31.4 Å². The maximum atomic E-state index is 12.6. The minimum Gasteiger partial charge on any atom is -0.453 e. The molecule has 1 unspecified atom stereocenters. The Morgan fingerprint density at radius 2 is 2.03 bits per heavy atom. The molecular formula is C22H29N3O4. The average Bonchev–Trinajstić information content (AvgIpc) is 2.71. The molecule has 1 aliphatic rings. The van der Waals surface area contributed by atoms with Crippen molar-refractivity contribution in [1.82, 2.24) is 14.9 Å². The van der Waals surface area contributed by atoms with E-state index in [1.54, 1.807) is 13.0 Å². The molecule has 0 radical (unpaired) electrons. The highest BCUT2D eigenvalue weighted by atomic mass is 16.5. The van der Waals surface area contributed by atoms with Crippen LogP contribution < -0.4 is 10.9 Å². The Labute approximate surface area is 170 Å². The number of rotatable bonds is 7. The highest BCUT2D eigenvalue weighted by Crippen LogP contribution is 2.17. The van der Waals surface area contributed by atoms with Crippen molar-refractivity contribution in [3.63, 3.8) is 0 Å². The summed E-state index contributed by atoms with van der Waals surface area (Å²) in [7, 11) is 0. The molecule has 7 nitrogen and oxygen atoms in total. The molecule has 1 aromatic heterocycles. The smallest absolute Gasteiger partial charge is 0.306 e. The molecule has 1 aromatic carbocycles. The van der Waals surface area contributed by atoms with Crippen molar-refractivity contribution in [2.45, 2.75) is 77.5 Å². The molecule has 1 heterocycles. The van der Waals surface area contributed by atoms with E-state index in [4.69, 9.17) is 4.74 Å². The second kappa shape index (κ2) is 9.67. The fourth-order valence-electron chi connectivity index (χ4n) is 3.77. The molecule has 156 valence electrons. The van der Waals surface area contributed by atoms with E-state index in [1.807, 2.05) is 19.1 Å². The van der Waals surface area contributed by atoms with Gasteiger partial charge in [-0.05, 0) is 44.7 Å². The van der Waals surface area contributed by atoms with E-state index in [0.29, 0.717) is 23.9 Å². The number of esters is 1. The van der Waals surface area contributed by atoms with Crippen LogP contribution in [0.25, 0.3) is 10.9 Å².